The molecule has 0 radical (unpaired) electrons. The molecule has 0 saturated carbocycles. The van der Waals surface area contributed by atoms with Gasteiger partial charge in [-0.1, -0.05) is 35.5 Å². The van der Waals surface area contributed by atoms with Gasteiger partial charge in [0.25, 0.3) is 0 Å². The van der Waals surface area contributed by atoms with E-state index in [0.717, 1.165) is 40.7 Å². The Balaban J connectivity index is 1.48. The number of hydrogen-bond acceptors (Lipinski definition) is 5. The molecule has 1 aliphatic rings. The molecule has 5 nitrogen and oxygen atoms in total. The fourth-order valence-electron chi connectivity index (χ4n) is 3.66. The van der Waals surface area contributed by atoms with Crippen LogP contribution in [0.3, 0.4) is 0 Å². The lowest BCUT2D eigenvalue weighted by atomic mass is 9.97. The summed E-state index contributed by atoms with van der Waals surface area (Å²) >= 11 is 1.57. The zero-order chi connectivity index (χ0) is 21.8. The van der Waals surface area contributed by atoms with Gasteiger partial charge >= 0.3 is 0 Å². The maximum Gasteiger partial charge on any atom is 0.229 e. The average molecular weight is 437 g/mol. The summed E-state index contributed by atoms with van der Waals surface area (Å²) < 4.78 is 14.2. The van der Waals surface area contributed by atoms with Crippen LogP contribution in [-0.4, -0.2) is 29.0 Å². The van der Waals surface area contributed by atoms with Gasteiger partial charge in [0.2, 0.25) is 5.91 Å². The molecular formula is C24H25FN4OS. The Labute approximate surface area is 186 Å². The Kier molecular flexibility index (Phi) is 6.51. The summed E-state index contributed by atoms with van der Waals surface area (Å²) in [6.45, 7) is 5.21. The highest BCUT2D eigenvalue weighted by molar-refractivity contribution is 7.99. The van der Waals surface area contributed by atoms with Crippen LogP contribution in [0.25, 0.3) is 0 Å². The molecule has 3 aromatic rings. The number of hydrogen-bond donors (Lipinski definition) is 1. The van der Waals surface area contributed by atoms with E-state index in [2.05, 4.69) is 51.4 Å². The van der Waals surface area contributed by atoms with Crippen molar-refractivity contribution in [3.05, 3.63) is 71.8 Å². The SMILES string of the molecule is Cc1ccc(Sc2nccnc2N2CCCC(C(=O)Nc3ccc(C)cc3F)C2)cc1. The third kappa shape index (κ3) is 5.22. The molecule has 1 atom stereocenters. The summed E-state index contributed by atoms with van der Waals surface area (Å²) in [5.41, 5.74) is 2.25. The van der Waals surface area contributed by atoms with E-state index in [1.807, 2.05) is 6.92 Å². The average Bonchev–Trinajstić information content (AvgIpc) is 2.78. The molecule has 0 bridgehead atoms. The molecule has 1 fully saturated rings. The van der Waals surface area contributed by atoms with Gasteiger partial charge in [-0.25, -0.2) is 14.4 Å². The maximum atomic E-state index is 14.2. The van der Waals surface area contributed by atoms with Crippen molar-refractivity contribution in [2.24, 2.45) is 5.92 Å². The standard InChI is InChI=1S/C24H25FN4OS/c1-16-5-8-19(9-6-16)31-24-22(26-11-12-27-24)29-13-3-4-18(15-29)23(30)28-21-10-7-17(2)14-20(21)25/h5-12,14,18H,3-4,13,15H2,1-2H3,(H,28,30). The second-order valence-corrected chi connectivity index (χ2v) is 8.92. The lowest BCUT2D eigenvalue weighted by molar-refractivity contribution is -0.120. The quantitative estimate of drug-likeness (QED) is 0.593. The third-order valence-corrected chi connectivity index (χ3v) is 6.35. The molecular weight excluding hydrogens is 411 g/mol. The van der Waals surface area contributed by atoms with E-state index >= 15 is 0 Å². The van der Waals surface area contributed by atoms with Crippen molar-refractivity contribution >= 4 is 29.2 Å². The first-order valence-corrected chi connectivity index (χ1v) is 11.2. The van der Waals surface area contributed by atoms with Gasteiger partial charge in [-0.15, -0.1) is 0 Å². The predicted octanol–water partition coefficient (Wildman–Crippen LogP) is 5.24. The highest BCUT2D eigenvalue weighted by Gasteiger charge is 2.28. The number of anilines is 2. The van der Waals surface area contributed by atoms with Crippen molar-refractivity contribution in [3.8, 4) is 0 Å². The van der Waals surface area contributed by atoms with E-state index in [1.54, 1.807) is 36.3 Å². The van der Waals surface area contributed by atoms with Crippen LogP contribution >= 0.6 is 11.8 Å². The molecule has 7 heteroatoms. The molecule has 0 aliphatic carbocycles. The van der Waals surface area contributed by atoms with Gasteiger partial charge in [-0.05, 0) is 56.5 Å². The van der Waals surface area contributed by atoms with Crippen molar-refractivity contribution in [2.45, 2.75) is 36.6 Å². The number of carbonyl (C=O) groups excluding carboxylic acids is 1. The molecule has 1 saturated heterocycles. The minimum atomic E-state index is -0.410. The number of nitrogens with one attached hydrogen (secondary N) is 1. The van der Waals surface area contributed by atoms with Crippen LogP contribution in [0.2, 0.25) is 0 Å². The molecule has 1 aliphatic heterocycles. The maximum absolute atomic E-state index is 14.2. The minimum Gasteiger partial charge on any atom is -0.354 e. The van der Waals surface area contributed by atoms with Crippen LogP contribution in [0.4, 0.5) is 15.9 Å². The second kappa shape index (κ2) is 9.47. The number of halogens is 1. The van der Waals surface area contributed by atoms with Gasteiger partial charge in [0.05, 0.1) is 11.6 Å². The number of benzene rings is 2. The number of amides is 1. The number of nitrogens with zero attached hydrogens (tertiary/aromatic N) is 3. The van der Waals surface area contributed by atoms with Gasteiger partial charge in [0.1, 0.15) is 10.8 Å². The number of aromatic nitrogens is 2. The Morgan fingerprint density at radius 1 is 1.10 bits per heavy atom. The fourth-order valence-corrected chi connectivity index (χ4v) is 4.55. The molecule has 2 heterocycles. The molecule has 0 spiro atoms. The first-order chi connectivity index (χ1) is 15.0. The molecule has 4 rings (SSSR count). The topological polar surface area (TPSA) is 58.1 Å². The van der Waals surface area contributed by atoms with Gasteiger partial charge in [-0.2, -0.15) is 0 Å². The Morgan fingerprint density at radius 2 is 1.84 bits per heavy atom. The Morgan fingerprint density at radius 3 is 2.61 bits per heavy atom. The lowest BCUT2D eigenvalue weighted by Gasteiger charge is -2.33. The van der Waals surface area contributed by atoms with Crippen molar-refractivity contribution < 1.29 is 9.18 Å². The first-order valence-electron chi connectivity index (χ1n) is 10.4. The normalized spacial score (nSPS) is 16.2. The zero-order valence-corrected chi connectivity index (χ0v) is 18.5. The highest BCUT2D eigenvalue weighted by Crippen LogP contribution is 2.34. The van der Waals surface area contributed by atoms with Gasteiger partial charge in [-0.3, -0.25) is 4.79 Å². The summed E-state index contributed by atoms with van der Waals surface area (Å²) in [5.74, 6) is -0.0309. The zero-order valence-electron chi connectivity index (χ0n) is 17.6. The van der Waals surface area contributed by atoms with Gasteiger partial charge in [0.15, 0.2) is 5.82 Å². The van der Waals surface area contributed by atoms with Crippen LogP contribution in [0, 0.1) is 25.6 Å². The number of aryl methyl sites for hydroxylation is 2. The molecule has 1 aromatic heterocycles. The van der Waals surface area contributed by atoms with Crippen LogP contribution < -0.4 is 10.2 Å². The lowest BCUT2D eigenvalue weighted by Crippen LogP contribution is -2.41. The van der Waals surface area contributed by atoms with E-state index in [9.17, 15) is 9.18 Å². The van der Waals surface area contributed by atoms with Crippen molar-refractivity contribution in [1.29, 1.82) is 0 Å². The van der Waals surface area contributed by atoms with E-state index in [1.165, 1.54) is 11.6 Å². The highest BCUT2D eigenvalue weighted by atomic mass is 32.2. The summed E-state index contributed by atoms with van der Waals surface area (Å²) in [5, 5.41) is 3.57. The smallest absolute Gasteiger partial charge is 0.229 e. The van der Waals surface area contributed by atoms with Crippen LogP contribution in [0.5, 0.6) is 0 Å². The largest absolute Gasteiger partial charge is 0.354 e. The minimum absolute atomic E-state index is 0.163. The first kappa shape index (κ1) is 21.3. The summed E-state index contributed by atoms with van der Waals surface area (Å²) in [7, 11) is 0. The third-order valence-electron chi connectivity index (χ3n) is 5.36. The fraction of sp³-hybridized carbons (Fsp3) is 0.292. The van der Waals surface area contributed by atoms with Crippen LogP contribution in [0.15, 0.2) is 64.8 Å². The summed E-state index contributed by atoms with van der Waals surface area (Å²) in [6.07, 6.45) is 4.99. The van der Waals surface area contributed by atoms with Crippen molar-refractivity contribution in [2.75, 3.05) is 23.3 Å². The number of piperidine rings is 1. The van der Waals surface area contributed by atoms with Gasteiger partial charge in [0, 0.05) is 30.4 Å². The predicted molar refractivity (Wildman–Crippen MR) is 122 cm³/mol. The summed E-state index contributed by atoms with van der Waals surface area (Å²) in [6, 6.07) is 13.1. The van der Waals surface area contributed by atoms with Crippen molar-refractivity contribution in [3.63, 3.8) is 0 Å². The van der Waals surface area contributed by atoms with Crippen LogP contribution in [0.1, 0.15) is 24.0 Å². The monoisotopic (exact) mass is 436 g/mol. The van der Waals surface area contributed by atoms with Gasteiger partial charge < -0.3 is 10.2 Å². The molecule has 2 aromatic carbocycles. The van der Waals surface area contributed by atoms with E-state index in [-0.39, 0.29) is 17.5 Å². The van der Waals surface area contributed by atoms with E-state index in [4.69, 9.17) is 0 Å². The molecule has 1 amide bonds. The molecule has 1 unspecified atom stereocenters. The number of rotatable bonds is 5. The Hall–Kier alpha value is -2.93. The Bertz CT molecular complexity index is 1070. The van der Waals surface area contributed by atoms with Crippen molar-refractivity contribution in [1.82, 2.24) is 9.97 Å². The van der Waals surface area contributed by atoms with E-state index < -0.39 is 5.82 Å². The van der Waals surface area contributed by atoms with E-state index in [0.29, 0.717) is 6.54 Å². The second-order valence-electron chi connectivity index (χ2n) is 7.86. The summed E-state index contributed by atoms with van der Waals surface area (Å²) in [4.78, 5) is 25.2. The number of carbonyl (C=O) groups is 1. The molecule has 160 valence electrons. The van der Waals surface area contributed by atoms with Crippen LogP contribution in [-0.2, 0) is 4.79 Å². The molecule has 1 N–H and O–H groups in total. The molecule has 31 heavy (non-hydrogen) atoms.